The van der Waals surface area contributed by atoms with Crippen molar-refractivity contribution in [2.24, 2.45) is 10.8 Å². The topological polar surface area (TPSA) is 9.23 Å². The summed E-state index contributed by atoms with van der Waals surface area (Å²) in [5.41, 5.74) is 1.18. The lowest BCUT2D eigenvalue weighted by Crippen LogP contribution is -2.14. The molecule has 0 radical (unpaired) electrons. The Morgan fingerprint density at radius 3 is 0.344 bits per heavy atom. The highest BCUT2D eigenvalue weighted by Crippen LogP contribution is 2.34. The Morgan fingerprint density at radius 1 is 0.256 bits per heavy atom. The maximum atomic E-state index is 4.25. The maximum Gasteiger partial charge on any atom is 0.0351 e. The predicted octanol–water partition coefficient (Wildman–Crippen LogP) is 33.3. The number of benzene rings is 7. The molecular weight excluding hydrogens is 1110 g/mol. The van der Waals surface area contributed by atoms with E-state index >= 15 is 0 Å². The quantitative estimate of drug-likeness (QED) is 0.150. The summed E-state index contributed by atoms with van der Waals surface area (Å²) in [6.07, 6.45) is 12.6. The standard InChI is InChI=1S/C8H16.7C6H6.C5H12.C3H8.C2H6O.C2H6S.11C2H6.4CH4/c1-8(2)6-4-3-5-7-8;7*1-2-4-6-5-3-1;1-5(2,3)4;3*1-3-2;11*1-2;;;;/h3-7H2,1-2H3;7*1-6H;1-4H3;3H2,1-2H3;2*1-2H3;11*1-2H3;4*1H4. The fourth-order valence-corrected chi connectivity index (χ4v) is 4.20. The molecule has 1 fully saturated rings. The van der Waals surface area contributed by atoms with E-state index in [0.717, 1.165) is 0 Å². The Balaban J connectivity index is -0.0000000350. The summed E-state index contributed by atoms with van der Waals surface area (Å²) >= 11 is 1.75. The van der Waals surface area contributed by atoms with Crippen molar-refractivity contribution < 1.29 is 4.74 Å². The van der Waals surface area contributed by atoms with Crippen LogP contribution in [0.25, 0.3) is 0 Å². The second-order valence-corrected chi connectivity index (χ2v) is 17.1. The molecule has 1 aliphatic carbocycles. The van der Waals surface area contributed by atoms with Crippen LogP contribution in [-0.4, -0.2) is 26.7 Å². The van der Waals surface area contributed by atoms with Crippen LogP contribution in [0, 0.1) is 10.8 Å². The molecule has 7 aromatic carbocycles. The van der Waals surface area contributed by atoms with Crippen molar-refractivity contribution in [3.05, 3.63) is 255 Å². The molecule has 0 spiro atoms. The van der Waals surface area contributed by atoms with Crippen molar-refractivity contribution in [1.29, 1.82) is 0 Å². The molecule has 8 rings (SSSR count). The van der Waals surface area contributed by atoms with Crippen LogP contribution in [-0.2, 0) is 4.74 Å². The molecule has 0 aliphatic heterocycles. The summed E-state index contributed by atoms with van der Waals surface area (Å²) in [7, 11) is 3.25. The Labute approximate surface area is 581 Å². The molecule has 1 saturated carbocycles. The Kier molecular flexibility index (Phi) is 272. The van der Waals surface area contributed by atoms with Crippen LogP contribution in [0.1, 0.15) is 276 Å². The fraction of sp³-hybridized carbons (Fsp3) is 0.523. The highest BCUT2D eigenvalue weighted by molar-refractivity contribution is 7.97. The van der Waals surface area contributed by atoms with Crippen LogP contribution in [0.4, 0.5) is 0 Å². The molecule has 0 amide bonds. The van der Waals surface area contributed by atoms with E-state index in [0.29, 0.717) is 10.8 Å². The molecule has 0 N–H and O–H groups in total. The second-order valence-electron chi connectivity index (χ2n) is 16.3. The average molecular weight is 1280 g/mol. The first-order valence-electron chi connectivity index (χ1n) is 33.8. The Bertz CT molecular complexity index is 1130. The van der Waals surface area contributed by atoms with Crippen LogP contribution < -0.4 is 0 Å². The van der Waals surface area contributed by atoms with Crippen molar-refractivity contribution in [2.45, 2.75) is 276 Å². The molecule has 0 heterocycles. The molecular formula is C88H172OS. The summed E-state index contributed by atoms with van der Waals surface area (Å²) in [6.45, 7) is 61.8. The molecule has 0 unspecified atom stereocenters. The van der Waals surface area contributed by atoms with Gasteiger partial charge in [0.05, 0.1) is 0 Å². The third-order valence-electron chi connectivity index (χ3n) is 6.87. The van der Waals surface area contributed by atoms with Gasteiger partial charge in [0, 0.05) is 14.2 Å². The lowest BCUT2D eigenvalue weighted by molar-refractivity contribution is 0.244. The van der Waals surface area contributed by atoms with Gasteiger partial charge in [0.1, 0.15) is 0 Å². The summed E-state index contributed by atoms with van der Waals surface area (Å²) in [4.78, 5) is 0. The normalized spacial score (nSPS) is 8.20. The monoisotopic (exact) mass is 1280 g/mol. The van der Waals surface area contributed by atoms with E-state index in [-0.39, 0.29) is 29.7 Å². The van der Waals surface area contributed by atoms with E-state index in [2.05, 4.69) is 60.1 Å². The summed E-state index contributed by atoms with van der Waals surface area (Å²) in [5, 5.41) is 0. The molecule has 0 saturated heterocycles. The minimum atomic E-state index is 0. The van der Waals surface area contributed by atoms with E-state index < -0.39 is 0 Å². The molecule has 90 heavy (non-hydrogen) atoms. The molecule has 0 atom stereocenters. The molecule has 0 bridgehead atoms. The van der Waals surface area contributed by atoms with Crippen molar-refractivity contribution in [2.75, 3.05) is 26.7 Å². The first-order valence-corrected chi connectivity index (χ1v) is 35.4. The first kappa shape index (κ1) is 138. The third-order valence-corrected chi connectivity index (χ3v) is 6.87. The van der Waals surface area contributed by atoms with Crippen LogP contribution in [0.15, 0.2) is 255 Å². The van der Waals surface area contributed by atoms with E-state index in [1.165, 1.54) is 38.5 Å². The Morgan fingerprint density at radius 2 is 0.311 bits per heavy atom. The molecule has 536 valence electrons. The zero-order valence-electron chi connectivity index (χ0n) is 64.3. The van der Waals surface area contributed by atoms with Gasteiger partial charge in [-0.1, -0.05) is 518 Å². The zero-order chi connectivity index (χ0) is 70.4. The molecule has 7 aromatic rings. The lowest BCUT2D eigenvalue weighted by Gasteiger charge is -2.28. The number of hydrogen-bond acceptors (Lipinski definition) is 2. The highest BCUT2D eigenvalue weighted by Gasteiger charge is 2.19. The maximum absolute atomic E-state index is 4.25. The van der Waals surface area contributed by atoms with Crippen LogP contribution in [0.5, 0.6) is 0 Å². The van der Waals surface area contributed by atoms with Gasteiger partial charge in [0.2, 0.25) is 0 Å². The molecule has 2 heteroatoms. The summed E-state index contributed by atoms with van der Waals surface area (Å²) in [5.74, 6) is 0. The van der Waals surface area contributed by atoms with Gasteiger partial charge in [-0.3, -0.25) is 0 Å². The lowest BCUT2D eigenvalue weighted by atomic mass is 9.78. The first-order chi connectivity index (χ1) is 41.9. The number of rotatable bonds is 0. The van der Waals surface area contributed by atoms with Gasteiger partial charge in [-0.2, -0.15) is 11.8 Å². The van der Waals surface area contributed by atoms with Gasteiger partial charge in [0.25, 0.3) is 0 Å². The molecule has 1 nitrogen and oxygen atoms in total. The predicted molar refractivity (Wildman–Crippen MR) is 447 cm³/mol. The van der Waals surface area contributed by atoms with Gasteiger partial charge in [-0.05, 0) is 36.2 Å². The van der Waals surface area contributed by atoms with Crippen molar-refractivity contribution >= 4 is 11.8 Å². The summed E-state index contributed by atoms with van der Waals surface area (Å²) in [6, 6.07) is 84.0. The molecule has 1 aliphatic rings. The summed E-state index contributed by atoms with van der Waals surface area (Å²) < 4.78 is 4.25. The third kappa shape index (κ3) is 253. The van der Waals surface area contributed by atoms with Gasteiger partial charge in [-0.25, -0.2) is 0 Å². The SMILES string of the molecule is C.C.C.C.CC.CC.CC.CC.CC.CC.CC.CC.CC.CC.CC.CC(C)(C)C.CC1(C)CCCCC1.CCC.COC.CSC.c1ccccc1.c1ccccc1.c1ccccc1.c1ccccc1.c1ccccc1.c1ccccc1.c1ccccc1. The van der Waals surface area contributed by atoms with Gasteiger partial charge in [-0.15, -0.1) is 0 Å². The Hall–Kier alpha value is -5.15. The zero-order valence-corrected chi connectivity index (χ0v) is 65.1. The van der Waals surface area contributed by atoms with Gasteiger partial charge in [0.15, 0.2) is 0 Å². The van der Waals surface area contributed by atoms with Crippen LogP contribution in [0.3, 0.4) is 0 Å². The van der Waals surface area contributed by atoms with Gasteiger partial charge < -0.3 is 4.74 Å². The minimum absolute atomic E-state index is 0. The second kappa shape index (κ2) is 178. The van der Waals surface area contributed by atoms with Crippen LogP contribution >= 0.6 is 11.8 Å². The minimum Gasteiger partial charge on any atom is -0.388 e. The smallest absolute Gasteiger partial charge is 0.0351 e. The van der Waals surface area contributed by atoms with E-state index in [1.54, 1.807) is 26.0 Å². The number of methoxy groups -OCH3 is 1. The number of thioether (sulfide) groups is 1. The molecule has 0 aromatic heterocycles. The van der Waals surface area contributed by atoms with E-state index in [1.807, 2.05) is 420 Å². The number of ether oxygens (including phenoxy) is 1. The fourth-order valence-electron chi connectivity index (χ4n) is 4.20. The van der Waals surface area contributed by atoms with Crippen LogP contribution in [0.2, 0.25) is 0 Å². The van der Waals surface area contributed by atoms with Crippen molar-refractivity contribution in [3.63, 3.8) is 0 Å². The van der Waals surface area contributed by atoms with Crippen molar-refractivity contribution in [3.8, 4) is 0 Å². The highest BCUT2D eigenvalue weighted by atomic mass is 32.2. The van der Waals surface area contributed by atoms with Crippen molar-refractivity contribution in [1.82, 2.24) is 0 Å². The average Bonchev–Trinajstić information content (AvgIpc) is 3.74. The van der Waals surface area contributed by atoms with E-state index in [9.17, 15) is 0 Å². The largest absolute Gasteiger partial charge is 0.388 e. The van der Waals surface area contributed by atoms with Gasteiger partial charge >= 0.3 is 0 Å². The number of hydrogen-bond donors (Lipinski definition) is 0. The van der Waals surface area contributed by atoms with E-state index in [4.69, 9.17) is 0 Å².